The molecule has 17 heavy (non-hydrogen) atoms. The maximum Gasteiger partial charge on any atom is 0.0962 e. The van der Waals surface area contributed by atoms with Crippen LogP contribution in [0.3, 0.4) is 0 Å². The molecule has 2 N–H and O–H groups in total. The Hall–Kier alpha value is -0.450. The van der Waals surface area contributed by atoms with Gasteiger partial charge in [0.25, 0.3) is 0 Å². The standard InChI is InChI=1S/C13H23N3S/c1-9(8-14)12-10(2)15-13(17-12)11-4-6-16(3)7-5-11/h9,11H,4-8,14H2,1-3H3. The zero-order valence-corrected chi connectivity index (χ0v) is 11.9. The van der Waals surface area contributed by atoms with Crippen molar-refractivity contribution < 1.29 is 0 Å². The summed E-state index contributed by atoms with van der Waals surface area (Å²) in [5, 5.41) is 1.34. The van der Waals surface area contributed by atoms with Crippen molar-refractivity contribution in [3.05, 3.63) is 15.6 Å². The summed E-state index contributed by atoms with van der Waals surface area (Å²) in [6, 6.07) is 0. The number of likely N-dealkylation sites (tertiary alicyclic amines) is 1. The summed E-state index contributed by atoms with van der Waals surface area (Å²) in [5.74, 6) is 1.13. The Bertz CT molecular complexity index is 367. The lowest BCUT2D eigenvalue weighted by molar-refractivity contribution is 0.255. The Morgan fingerprint density at radius 1 is 1.47 bits per heavy atom. The smallest absolute Gasteiger partial charge is 0.0962 e. The fourth-order valence-corrected chi connectivity index (χ4v) is 3.73. The van der Waals surface area contributed by atoms with Crippen LogP contribution in [0.4, 0.5) is 0 Å². The molecule has 1 aromatic rings. The Morgan fingerprint density at radius 3 is 2.71 bits per heavy atom. The molecule has 1 saturated heterocycles. The average Bonchev–Trinajstić information content (AvgIpc) is 2.71. The predicted molar refractivity (Wildman–Crippen MR) is 73.8 cm³/mol. The first kappa shape index (κ1) is 13.0. The predicted octanol–water partition coefficient (Wildman–Crippen LogP) is 2.32. The first-order valence-electron chi connectivity index (χ1n) is 6.47. The van der Waals surface area contributed by atoms with Crippen LogP contribution in [0.2, 0.25) is 0 Å². The summed E-state index contributed by atoms with van der Waals surface area (Å²) in [4.78, 5) is 8.57. The molecule has 2 heterocycles. The average molecular weight is 253 g/mol. The Kier molecular flexibility index (Phi) is 4.17. The van der Waals surface area contributed by atoms with E-state index >= 15 is 0 Å². The molecule has 0 aliphatic carbocycles. The van der Waals surface area contributed by atoms with Gasteiger partial charge >= 0.3 is 0 Å². The van der Waals surface area contributed by atoms with Crippen LogP contribution >= 0.6 is 11.3 Å². The molecule has 0 bridgehead atoms. The van der Waals surface area contributed by atoms with E-state index in [0.29, 0.717) is 11.8 Å². The number of rotatable bonds is 3. The monoisotopic (exact) mass is 253 g/mol. The number of nitrogens with zero attached hydrogens (tertiary/aromatic N) is 2. The minimum Gasteiger partial charge on any atom is -0.330 e. The summed E-state index contributed by atoms with van der Waals surface area (Å²) in [5.41, 5.74) is 6.95. The van der Waals surface area contributed by atoms with Crippen LogP contribution in [0, 0.1) is 6.92 Å². The van der Waals surface area contributed by atoms with Crippen molar-refractivity contribution in [1.82, 2.24) is 9.88 Å². The van der Waals surface area contributed by atoms with Gasteiger partial charge < -0.3 is 10.6 Å². The molecule has 1 atom stereocenters. The first-order valence-corrected chi connectivity index (χ1v) is 7.29. The molecule has 1 aromatic heterocycles. The summed E-state index contributed by atoms with van der Waals surface area (Å²) in [6.07, 6.45) is 2.50. The van der Waals surface area contributed by atoms with Crippen LogP contribution in [0.1, 0.15) is 47.2 Å². The Labute approximate surface area is 108 Å². The maximum atomic E-state index is 5.75. The van der Waals surface area contributed by atoms with Gasteiger partial charge in [0.15, 0.2) is 0 Å². The van der Waals surface area contributed by atoms with Gasteiger partial charge in [-0.3, -0.25) is 0 Å². The Morgan fingerprint density at radius 2 is 2.12 bits per heavy atom. The third-order valence-electron chi connectivity index (χ3n) is 3.72. The SMILES string of the molecule is Cc1nc(C2CCN(C)CC2)sc1C(C)CN. The molecular weight excluding hydrogens is 230 g/mol. The highest BCUT2D eigenvalue weighted by molar-refractivity contribution is 7.12. The van der Waals surface area contributed by atoms with Gasteiger partial charge in [-0.05, 0) is 46.4 Å². The second-order valence-electron chi connectivity index (χ2n) is 5.22. The molecule has 96 valence electrons. The van der Waals surface area contributed by atoms with Crippen molar-refractivity contribution in [1.29, 1.82) is 0 Å². The molecule has 0 amide bonds. The lowest BCUT2D eigenvalue weighted by atomic mass is 9.98. The first-order chi connectivity index (χ1) is 8.11. The summed E-state index contributed by atoms with van der Waals surface area (Å²) in [7, 11) is 2.20. The normalized spacial score (nSPS) is 20.7. The van der Waals surface area contributed by atoms with E-state index in [1.807, 2.05) is 11.3 Å². The highest BCUT2D eigenvalue weighted by Gasteiger charge is 2.23. The molecule has 0 saturated carbocycles. The fourth-order valence-electron chi connectivity index (χ4n) is 2.42. The minimum absolute atomic E-state index is 0.451. The summed E-state index contributed by atoms with van der Waals surface area (Å²) < 4.78 is 0. The van der Waals surface area contributed by atoms with Crippen molar-refractivity contribution in [3.8, 4) is 0 Å². The third kappa shape index (κ3) is 2.87. The van der Waals surface area contributed by atoms with Gasteiger partial charge in [-0.1, -0.05) is 6.92 Å². The van der Waals surface area contributed by atoms with E-state index in [-0.39, 0.29) is 0 Å². The van der Waals surface area contributed by atoms with Gasteiger partial charge in [-0.2, -0.15) is 0 Å². The highest BCUT2D eigenvalue weighted by atomic mass is 32.1. The molecule has 0 radical (unpaired) electrons. The highest BCUT2D eigenvalue weighted by Crippen LogP contribution is 2.34. The third-order valence-corrected chi connectivity index (χ3v) is 5.27. The zero-order chi connectivity index (χ0) is 12.4. The molecule has 1 unspecified atom stereocenters. The number of nitrogens with two attached hydrogens (primary N) is 1. The zero-order valence-electron chi connectivity index (χ0n) is 11.1. The van der Waals surface area contributed by atoms with E-state index in [1.165, 1.54) is 41.5 Å². The second kappa shape index (κ2) is 5.46. The van der Waals surface area contributed by atoms with Crippen molar-refractivity contribution in [2.75, 3.05) is 26.7 Å². The molecular formula is C13H23N3S. The van der Waals surface area contributed by atoms with E-state index in [9.17, 15) is 0 Å². The van der Waals surface area contributed by atoms with E-state index < -0.39 is 0 Å². The second-order valence-corrected chi connectivity index (χ2v) is 6.28. The topological polar surface area (TPSA) is 42.2 Å². The largest absolute Gasteiger partial charge is 0.330 e. The van der Waals surface area contributed by atoms with E-state index in [0.717, 1.165) is 6.54 Å². The van der Waals surface area contributed by atoms with Crippen LogP contribution in [-0.2, 0) is 0 Å². The summed E-state index contributed by atoms with van der Waals surface area (Å²) >= 11 is 1.89. The van der Waals surface area contributed by atoms with Gasteiger partial charge in [0.05, 0.1) is 10.7 Å². The molecule has 1 aliphatic heterocycles. The molecule has 1 fully saturated rings. The number of hydrogen-bond donors (Lipinski definition) is 1. The van der Waals surface area contributed by atoms with Crippen molar-refractivity contribution >= 4 is 11.3 Å². The Balaban J connectivity index is 2.11. The van der Waals surface area contributed by atoms with Crippen LogP contribution in [-0.4, -0.2) is 36.6 Å². The molecule has 3 nitrogen and oxygen atoms in total. The number of hydrogen-bond acceptors (Lipinski definition) is 4. The van der Waals surface area contributed by atoms with Crippen LogP contribution in [0.5, 0.6) is 0 Å². The molecule has 2 rings (SSSR count). The van der Waals surface area contributed by atoms with Crippen LogP contribution < -0.4 is 5.73 Å². The molecule has 4 heteroatoms. The van der Waals surface area contributed by atoms with Gasteiger partial charge in [-0.25, -0.2) is 4.98 Å². The number of thiazole rings is 1. The van der Waals surface area contributed by atoms with Gasteiger partial charge in [0.2, 0.25) is 0 Å². The van der Waals surface area contributed by atoms with Gasteiger partial charge in [0.1, 0.15) is 0 Å². The molecule has 1 aliphatic rings. The minimum atomic E-state index is 0.451. The van der Waals surface area contributed by atoms with Crippen LogP contribution in [0.15, 0.2) is 0 Å². The maximum absolute atomic E-state index is 5.75. The lowest BCUT2D eigenvalue weighted by Gasteiger charge is -2.27. The summed E-state index contributed by atoms with van der Waals surface area (Å²) in [6.45, 7) is 7.43. The molecule has 0 spiro atoms. The van der Waals surface area contributed by atoms with Crippen LogP contribution in [0.25, 0.3) is 0 Å². The van der Waals surface area contributed by atoms with Gasteiger partial charge in [0, 0.05) is 16.7 Å². The number of aryl methyl sites for hydroxylation is 1. The number of piperidine rings is 1. The van der Waals surface area contributed by atoms with E-state index in [1.54, 1.807) is 0 Å². The van der Waals surface area contributed by atoms with E-state index in [4.69, 9.17) is 10.7 Å². The number of aromatic nitrogens is 1. The van der Waals surface area contributed by atoms with E-state index in [2.05, 4.69) is 25.8 Å². The van der Waals surface area contributed by atoms with Gasteiger partial charge in [-0.15, -0.1) is 11.3 Å². The lowest BCUT2D eigenvalue weighted by Crippen LogP contribution is -2.29. The quantitative estimate of drug-likeness (QED) is 0.899. The van der Waals surface area contributed by atoms with Crippen molar-refractivity contribution in [3.63, 3.8) is 0 Å². The van der Waals surface area contributed by atoms with Crippen molar-refractivity contribution in [2.45, 2.75) is 38.5 Å². The van der Waals surface area contributed by atoms with Crippen molar-refractivity contribution in [2.24, 2.45) is 5.73 Å². The fraction of sp³-hybridized carbons (Fsp3) is 0.769. The molecule has 0 aromatic carbocycles.